The summed E-state index contributed by atoms with van der Waals surface area (Å²) in [5, 5.41) is 0. The molecule has 0 aromatic carbocycles. The second kappa shape index (κ2) is 2.55. The average Bonchev–Trinajstić information content (AvgIpc) is 2.41. The summed E-state index contributed by atoms with van der Waals surface area (Å²) in [6.45, 7) is 2.51. The third-order valence-corrected chi connectivity index (χ3v) is 2.51. The lowest BCUT2D eigenvalue weighted by molar-refractivity contribution is -0.132. The van der Waals surface area contributed by atoms with Crippen LogP contribution in [0.4, 0.5) is 0 Å². The Morgan fingerprint density at radius 1 is 1.75 bits per heavy atom. The number of rotatable bonds is 0. The molecule has 4 nitrogen and oxygen atoms in total. The van der Waals surface area contributed by atoms with Crippen LogP contribution in [0.25, 0.3) is 0 Å². The predicted octanol–water partition coefficient (Wildman–Crippen LogP) is -0.110. The number of carbonyl (C=O) groups is 1. The van der Waals surface area contributed by atoms with E-state index in [4.69, 9.17) is 4.74 Å². The third kappa shape index (κ3) is 0.948. The molecule has 0 aliphatic carbocycles. The topological polar surface area (TPSA) is 41.9 Å². The van der Waals surface area contributed by atoms with Crippen molar-refractivity contribution >= 4 is 12.2 Å². The van der Waals surface area contributed by atoms with E-state index in [2.05, 4.69) is 4.99 Å². The summed E-state index contributed by atoms with van der Waals surface area (Å²) in [6.07, 6.45) is 1.60. The van der Waals surface area contributed by atoms with Gasteiger partial charge >= 0.3 is 0 Å². The SMILES string of the molecule is CC1OCC2N=CN(C)C(=O)C21. The zero-order valence-electron chi connectivity index (χ0n) is 7.23. The van der Waals surface area contributed by atoms with Gasteiger partial charge in [0, 0.05) is 7.05 Å². The number of hydrogen-bond donors (Lipinski definition) is 0. The summed E-state index contributed by atoms with van der Waals surface area (Å²) in [5.41, 5.74) is 0. The van der Waals surface area contributed by atoms with Crippen molar-refractivity contribution in [2.75, 3.05) is 13.7 Å². The fourth-order valence-electron chi connectivity index (χ4n) is 1.75. The highest BCUT2D eigenvalue weighted by atomic mass is 16.5. The van der Waals surface area contributed by atoms with Crippen LogP contribution in [0.1, 0.15) is 6.92 Å². The van der Waals surface area contributed by atoms with Crippen molar-refractivity contribution in [3.63, 3.8) is 0 Å². The number of amides is 1. The third-order valence-electron chi connectivity index (χ3n) is 2.51. The first kappa shape index (κ1) is 7.73. The fourth-order valence-corrected chi connectivity index (χ4v) is 1.75. The van der Waals surface area contributed by atoms with E-state index in [-0.39, 0.29) is 24.0 Å². The van der Waals surface area contributed by atoms with Crippen LogP contribution in [0.3, 0.4) is 0 Å². The summed E-state index contributed by atoms with van der Waals surface area (Å²) in [4.78, 5) is 17.3. The Morgan fingerprint density at radius 3 is 3.25 bits per heavy atom. The lowest BCUT2D eigenvalue weighted by Crippen LogP contribution is -2.43. The minimum Gasteiger partial charge on any atom is -0.375 e. The molecule has 12 heavy (non-hydrogen) atoms. The molecule has 2 rings (SSSR count). The van der Waals surface area contributed by atoms with Gasteiger partial charge in [-0.3, -0.25) is 9.79 Å². The normalized spacial score (nSPS) is 40.3. The second-order valence-corrected chi connectivity index (χ2v) is 3.35. The van der Waals surface area contributed by atoms with Crippen LogP contribution < -0.4 is 0 Å². The maximum absolute atomic E-state index is 11.6. The molecule has 4 heteroatoms. The molecule has 0 radical (unpaired) electrons. The van der Waals surface area contributed by atoms with Crippen LogP contribution in [0.2, 0.25) is 0 Å². The van der Waals surface area contributed by atoms with E-state index in [0.717, 1.165) is 0 Å². The van der Waals surface area contributed by atoms with Gasteiger partial charge in [0.05, 0.1) is 31.0 Å². The van der Waals surface area contributed by atoms with Crippen molar-refractivity contribution < 1.29 is 9.53 Å². The molecule has 2 heterocycles. The van der Waals surface area contributed by atoms with Gasteiger partial charge in [-0.05, 0) is 6.92 Å². The van der Waals surface area contributed by atoms with Crippen molar-refractivity contribution in [2.24, 2.45) is 10.9 Å². The number of fused-ring (bicyclic) bond motifs is 1. The zero-order valence-corrected chi connectivity index (χ0v) is 7.23. The maximum Gasteiger partial charge on any atom is 0.235 e. The Bertz CT molecular complexity index is 239. The number of aliphatic imine (C=N–C) groups is 1. The number of nitrogens with zero attached hydrogens (tertiary/aromatic N) is 2. The van der Waals surface area contributed by atoms with Crippen LogP contribution in [0, 0.1) is 5.92 Å². The van der Waals surface area contributed by atoms with E-state index in [9.17, 15) is 4.79 Å². The van der Waals surface area contributed by atoms with Crippen molar-refractivity contribution in [2.45, 2.75) is 19.1 Å². The van der Waals surface area contributed by atoms with E-state index in [1.165, 1.54) is 4.90 Å². The minimum absolute atomic E-state index is 0.0161. The van der Waals surface area contributed by atoms with Gasteiger partial charge in [-0.2, -0.15) is 0 Å². The van der Waals surface area contributed by atoms with Gasteiger partial charge in [-0.1, -0.05) is 0 Å². The number of hydrogen-bond acceptors (Lipinski definition) is 3. The van der Waals surface area contributed by atoms with Crippen molar-refractivity contribution in [3.05, 3.63) is 0 Å². The first-order chi connectivity index (χ1) is 5.70. The highest BCUT2D eigenvalue weighted by Gasteiger charge is 2.42. The molecule has 0 bridgehead atoms. The Balaban J connectivity index is 2.27. The zero-order chi connectivity index (χ0) is 8.72. The number of carbonyl (C=O) groups excluding carboxylic acids is 1. The Kier molecular flexibility index (Phi) is 1.65. The molecule has 2 aliphatic rings. The van der Waals surface area contributed by atoms with Crippen LogP contribution in [0.15, 0.2) is 4.99 Å². The van der Waals surface area contributed by atoms with E-state index in [1.807, 2.05) is 6.92 Å². The first-order valence-electron chi connectivity index (χ1n) is 4.11. The van der Waals surface area contributed by atoms with Gasteiger partial charge in [0.1, 0.15) is 0 Å². The molecular formula is C8H12N2O2. The molecule has 2 aliphatic heterocycles. The maximum atomic E-state index is 11.6. The molecule has 0 aromatic rings. The first-order valence-corrected chi connectivity index (χ1v) is 4.11. The van der Waals surface area contributed by atoms with Crippen molar-refractivity contribution in [3.8, 4) is 0 Å². The van der Waals surface area contributed by atoms with E-state index in [0.29, 0.717) is 6.61 Å². The summed E-state index contributed by atoms with van der Waals surface area (Å²) in [7, 11) is 1.73. The van der Waals surface area contributed by atoms with E-state index >= 15 is 0 Å². The molecule has 3 unspecified atom stereocenters. The Morgan fingerprint density at radius 2 is 2.50 bits per heavy atom. The lowest BCUT2D eigenvalue weighted by atomic mass is 9.96. The van der Waals surface area contributed by atoms with Crippen LogP contribution >= 0.6 is 0 Å². The predicted molar refractivity (Wildman–Crippen MR) is 44.0 cm³/mol. The van der Waals surface area contributed by atoms with Gasteiger partial charge in [-0.25, -0.2) is 0 Å². The summed E-state index contributed by atoms with van der Waals surface area (Å²) in [6, 6.07) is 0.0590. The highest BCUT2D eigenvalue weighted by Crippen LogP contribution is 2.27. The molecule has 0 spiro atoms. The monoisotopic (exact) mass is 168 g/mol. The Hall–Kier alpha value is -0.900. The average molecular weight is 168 g/mol. The largest absolute Gasteiger partial charge is 0.375 e. The van der Waals surface area contributed by atoms with Gasteiger partial charge in [0.15, 0.2) is 0 Å². The molecule has 0 saturated carbocycles. The molecular weight excluding hydrogens is 156 g/mol. The molecule has 3 atom stereocenters. The summed E-state index contributed by atoms with van der Waals surface area (Å²) in [5.74, 6) is 0.0694. The molecule has 0 aromatic heterocycles. The minimum atomic E-state index is -0.0556. The van der Waals surface area contributed by atoms with Gasteiger partial charge in [0.25, 0.3) is 0 Å². The second-order valence-electron chi connectivity index (χ2n) is 3.35. The fraction of sp³-hybridized carbons (Fsp3) is 0.750. The van der Waals surface area contributed by atoms with Crippen molar-refractivity contribution in [1.82, 2.24) is 4.90 Å². The van der Waals surface area contributed by atoms with Crippen LogP contribution in [-0.4, -0.2) is 42.9 Å². The molecule has 0 N–H and O–H groups in total. The highest BCUT2D eigenvalue weighted by molar-refractivity contribution is 5.92. The lowest BCUT2D eigenvalue weighted by Gasteiger charge is -2.25. The van der Waals surface area contributed by atoms with Crippen molar-refractivity contribution in [1.29, 1.82) is 0 Å². The van der Waals surface area contributed by atoms with Crippen LogP contribution in [-0.2, 0) is 9.53 Å². The standard InChI is InChI=1S/C8H12N2O2/c1-5-7-6(3-12-5)9-4-10(2)8(7)11/h4-7H,3H2,1-2H3. The molecule has 1 amide bonds. The van der Waals surface area contributed by atoms with E-state index < -0.39 is 0 Å². The quantitative estimate of drug-likeness (QED) is 0.506. The van der Waals surface area contributed by atoms with Gasteiger partial charge in [-0.15, -0.1) is 0 Å². The van der Waals surface area contributed by atoms with Gasteiger partial charge < -0.3 is 9.64 Å². The smallest absolute Gasteiger partial charge is 0.235 e. The number of ether oxygens (including phenoxy) is 1. The van der Waals surface area contributed by atoms with E-state index in [1.54, 1.807) is 13.4 Å². The Labute approximate surface area is 71.2 Å². The summed E-state index contributed by atoms with van der Waals surface area (Å²) >= 11 is 0. The molecule has 1 fully saturated rings. The summed E-state index contributed by atoms with van der Waals surface area (Å²) < 4.78 is 5.36. The van der Waals surface area contributed by atoms with Crippen LogP contribution in [0.5, 0.6) is 0 Å². The van der Waals surface area contributed by atoms with Gasteiger partial charge in [0.2, 0.25) is 5.91 Å². The molecule has 1 saturated heterocycles. The molecule has 66 valence electrons.